The number of hydrogen-bond donors (Lipinski definition) is 1. The number of sulfonamides is 1. The van der Waals surface area contributed by atoms with E-state index in [1.54, 1.807) is 4.31 Å². The van der Waals surface area contributed by atoms with Crippen molar-refractivity contribution in [2.75, 3.05) is 19.3 Å². The molecule has 2 aliphatic rings. The van der Waals surface area contributed by atoms with Crippen molar-refractivity contribution in [2.24, 2.45) is 0 Å². The number of rotatable bonds is 1. The average Bonchev–Trinajstić information content (AvgIpc) is 2.42. The topological polar surface area (TPSA) is 49.4 Å². The molecule has 6 heteroatoms. The Hall–Kier alpha value is 0.160. The van der Waals surface area contributed by atoms with Gasteiger partial charge in [-0.25, -0.2) is 8.42 Å². The standard InChI is InChI=1S/C6H12N2O2S.ClH/c1-11(9,10)8-4-5-2-6(8)3-7-5;/h5-7H,2-4H2,1H3;1H/t5-,6-;/m0./s1. The molecule has 0 unspecified atom stereocenters. The van der Waals surface area contributed by atoms with Crippen LogP contribution < -0.4 is 5.32 Å². The number of hydrogen-bond acceptors (Lipinski definition) is 3. The smallest absolute Gasteiger partial charge is 0.211 e. The van der Waals surface area contributed by atoms with Gasteiger partial charge in [0.25, 0.3) is 0 Å². The van der Waals surface area contributed by atoms with Gasteiger partial charge < -0.3 is 5.32 Å². The molecule has 4 nitrogen and oxygen atoms in total. The fraction of sp³-hybridized carbons (Fsp3) is 1.00. The predicted octanol–water partition coefficient (Wildman–Crippen LogP) is -0.586. The summed E-state index contributed by atoms with van der Waals surface area (Å²) in [5.74, 6) is 0. The Morgan fingerprint density at radius 2 is 2.17 bits per heavy atom. The Labute approximate surface area is 78.8 Å². The van der Waals surface area contributed by atoms with E-state index < -0.39 is 10.0 Å². The van der Waals surface area contributed by atoms with E-state index in [-0.39, 0.29) is 18.4 Å². The van der Waals surface area contributed by atoms with Gasteiger partial charge in [0.1, 0.15) is 0 Å². The van der Waals surface area contributed by atoms with Gasteiger partial charge in [-0.15, -0.1) is 12.4 Å². The Kier molecular flexibility index (Phi) is 2.68. The van der Waals surface area contributed by atoms with Crippen LogP contribution in [0.1, 0.15) is 6.42 Å². The Bertz CT molecular complexity index is 267. The summed E-state index contributed by atoms with van der Waals surface area (Å²) in [5, 5.41) is 3.25. The lowest BCUT2D eigenvalue weighted by atomic mass is 10.2. The van der Waals surface area contributed by atoms with E-state index >= 15 is 0 Å². The molecular weight excluding hydrogens is 200 g/mol. The van der Waals surface area contributed by atoms with Crippen LogP contribution >= 0.6 is 12.4 Å². The van der Waals surface area contributed by atoms with Crippen molar-refractivity contribution >= 4 is 22.4 Å². The van der Waals surface area contributed by atoms with Crippen LogP contribution in [0.5, 0.6) is 0 Å². The van der Waals surface area contributed by atoms with Crippen molar-refractivity contribution in [3.63, 3.8) is 0 Å². The Morgan fingerprint density at radius 3 is 2.42 bits per heavy atom. The molecule has 2 aliphatic heterocycles. The maximum atomic E-state index is 11.1. The number of piperazine rings is 1. The molecule has 0 aromatic rings. The van der Waals surface area contributed by atoms with E-state index in [2.05, 4.69) is 5.32 Å². The minimum Gasteiger partial charge on any atom is -0.311 e. The molecule has 2 fully saturated rings. The van der Waals surface area contributed by atoms with Crippen LogP contribution in [0.4, 0.5) is 0 Å². The Morgan fingerprint density at radius 1 is 1.50 bits per heavy atom. The van der Waals surface area contributed by atoms with Gasteiger partial charge in [0.05, 0.1) is 6.26 Å². The first kappa shape index (κ1) is 10.2. The molecule has 0 radical (unpaired) electrons. The van der Waals surface area contributed by atoms with Gasteiger partial charge in [0.15, 0.2) is 0 Å². The highest BCUT2D eigenvalue weighted by Gasteiger charge is 2.41. The summed E-state index contributed by atoms with van der Waals surface area (Å²) in [7, 11) is -2.94. The highest BCUT2D eigenvalue weighted by molar-refractivity contribution is 7.88. The van der Waals surface area contributed by atoms with E-state index in [1.165, 1.54) is 6.26 Å². The molecule has 0 aromatic heterocycles. The second kappa shape index (κ2) is 3.14. The van der Waals surface area contributed by atoms with Gasteiger partial charge in [-0.1, -0.05) is 0 Å². The lowest BCUT2D eigenvalue weighted by Crippen LogP contribution is -2.45. The Balaban J connectivity index is 0.000000720. The van der Waals surface area contributed by atoms with E-state index in [4.69, 9.17) is 0 Å². The van der Waals surface area contributed by atoms with Gasteiger partial charge in [-0.2, -0.15) is 4.31 Å². The summed E-state index contributed by atoms with van der Waals surface area (Å²) in [6, 6.07) is 0.643. The van der Waals surface area contributed by atoms with E-state index in [0.717, 1.165) is 13.0 Å². The third-order valence-electron chi connectivity index (χ3n) is 2.43. The van der Waals surface area contributed by atoms with Gasteiger partial charge in [-0.3, -0.25) is 0 Å². The van der Waals surface area contributed by atoms with Crippen molar-refractivity contribution in [1.82, 2.24) is 9.62 Å². The van der Waals surface area contributed by atoms with Crippen molar-refractivity contribution < 1.29 is 8.42 Å². The molecule has 2 rings (SSSR count). The quantitative estimate of drug-likeness (QED) is 0.633. The molecule has 0 saturated carbocycles. The first-order chi connectivity index (χ1) is 5.07. The van der Waals surface area contributed by atoms with Crippen LogP contribution in [-0.2, 0) is 10.0 Å². The summed E-state index contributed by atoms with van der Waals surface area (Å²) >= 11 is 0. The molecule has 2 atom stereocenters. The van der Waals surface area contributed by atoms with Crippen molar-refractivity contribution in [3.05, 3.63) is 0 Å². The molecule has 1 N–H and O–H groups in total. The minimum atomic E-state index is -2.94. The van der Waals surface area contributed by atoms with Crippen LogP contribution in [0.25, 0.3) is 0 Å². The molecule has 12 heavy (non-hydrogen) atoms. The van der Waals surface area contributed by atoms with E-state index in [0.29, 0.717) is 12.6 Å². The summed E-state index contributed by atoms with van der Waals surface area (Å²) in [6.07, 6.45) is 2.28. The molecular formula is C6H13ClN2O2S. The number of fused-ring (bicyclic) bond motifs is 2. The molecule has 0 aliphatic carbocycles. The molecule has 72 valence electrons. The fourth-order valence-electron chi connectivity index (χ4n) is 1.93. The van der Waals surface area contributed by atoms with Crippen LogP contribution in [0.15, 0.2) is 0 Å². The summed E-state index contributed by atoms with van der Waals surface area (Å²) < 4.78 is 23.8. The third-order valence-corrected chi connectivity index (χ3v) is 3.73. The summed E-state index contributed by atoms with van der Waals surface area (Å²) in [4.78, 5) is 0. The normalized spacial score (nSPS) is 35.1. The van der Waals surface area contributed by atoms with Crippen LogP contribution in [0.3, 0.4) is 0 Å². The van der Waals surface area contributed by atoms with Gasteiger partial charge in [0, 0.05) is 25.2 Å². The third kappa shape index (κ3) is 1.59. The predicted molar refractivity (Wildman–Crippen MR) is 49.0 cm³/mol. The maximum absolute atomic E-state index is 11.1. The zero-order valence-electron chi connectivity index (χ0n) is 6.86. The molecule has 2 heterocycles. The van der Waals surface area contributed by atoms with Gasteiger partial charge in [-0.05, 0) is 6.42 Å². The fourth-order valence-corrected chi connectivity index (χ4v) is 3.08. The summed E-state index contributed by atoms with van der Waals surface area (Å²) in [6.45, 7) is 1.50. The lowest BCUT2D eigenvalue weighted by Gasteiger charge is -2.24. The highest BCUT2D eigenvalue weighted by Crippen LogP contribution is 2.25. The number of nitrogens with one attached hydrogen (secondary N) is 1. The zero-order chi connectivity index (χ0) is 8.06. The van der Waals surface area contributed by atoms with Crippen LogP contribution in [0, 0.1) is 0 Å². The molecule has 2 saturated heterocycles. The first-order valence-corrected chi connectivity index (χ1v) is 5.62. The van der Waals surface area contributed by atoms with Crippen molar-refractivity contribution in [1.29, 1.82) is 0 Å². The van der Waals surface area contributed by atoms with Gasteiger partial charge >= 0.3 is 0 Å². The molecule has 0 spiro atoms. The average molecular weight is 213 g/mol. The first-order valence-electron chi connectivity index (χ1n) is 3.77. The second-order valence-corrected chi connectivity index (χ2v) is 5.26. The van der Waals surface area contributed by atoms with Crippen LogP contribution in [0.2, 0.25) is 0 Å². The second-order valence-electron chi connectivity index (χ2n) is 3.33. The summed E-state index contributed by atoms with van der Waals surface area (Å²) in [5.41, 5.74) is 0. The maximum Gasteiger partial charge on any atom is 0.211 e. The van der Waals surface area contributed by atoms with E-state index in [1.807, 2.05) is 0 Å². The monoisotopic (exact) mass is 212 g/mol. The molecule has 2 bridgehead atoms. The van der Waals surface area contributed by atoms with E-state index in [9.17, 15) is 8.42 Å². The number of halogens is 1. The highest BCUT2D eigenvalue weighted by atomic mass is 35.5. The van der Waals surface area contributed by atoms with Crippen LogP contribution in [-0.4, -0.2) is 44.2 Å². The molecule has 0 aromatic carbocycles. The SMILES string of the molecule is CS(=O)(=O)N1C[C@@H]2C[C@H]1CN2.Cl. The lowest BCUT2D eigenvalue weighted by molar-refractivity contribution is 0.351. The number of nitrogens with zero attached hydrogens (tertiary/aromatic N) is 1. The van der Waals surface area contributed by atoms with Crippen molar-refractivity contribution in [3.8, 4) is 0 Å². The van der Waals surface area contributed by atoms with Crippen molar-refractivity contribution in [2.45, 2.75) is 18.5 Å². The van der Waals surface area contributed by atoms with Gasteiger partial charge in [0.2, 0.25) is 10.0 Å². The minimum absolute atomic E-state index is 0. The zero-order valence-corrected chi connectivity index (χ0v) is 8.49. The largest absolute Gasteiger partial charge is 0.311 e. The molecule has 0 amide bonds.